The summed E-state index contributed by atoms with van der Waals surface area (Å²) in [4.78, 5) is 8.80. The lowest BCUT2D eigenvalue weighted by Gasteiger charge is -2.28. The molecule has 2 aromatic rings. The van der Waals surface area contributed by atoms with Gasteiger partial charge in [0.15, 0.2) is 5.96 Å². The Kier molecular flexibility index (Phi) is 9.01. The van der Waals surface area contributed by atoms with Gasteiger partial charge in [-0.15, -0.1) is 0 Å². The Labute approximate surface area is 169 Å². The number of nitrogens with zero attached hydrogens (tertiary/aromatic N) is 3. The van der Waals surface area contributed by atoms with Crippen molar-refractivity contribution >= 4 is 5.96 Å². The molecule has 154 valence electrons. The summed E-state index contributed by atoms with van der Waals surface area (Å²) in [6.45, 7) is 8.96. The molecule has 0 amide bonds. The molecule has 0 aliphatic carbocycles. The van der Waals surface area contributed by atoms with Crippen molar-refractivity contribution in [3.8, 4) is 0 Å². The van der Waals surface area contributed by atoms with Crippen LogP contribution >= 0.6 is 0 Å². The quantitative estimate of drug-likeness (QED) is 0.410. The molecule has 1 aromatic heterocycles. The lowest BCUT2D eigenvalue weighted by atomic mass is 9.93. The van der Waals surface area contributed by atoms with E-state index < -0.39 is 5.60 Å². The van der Waals surface area contributed by atoms with E-state index in [1.54, 1.807) is 6.20 Å². The van der Waals surface area contributed by atoms with Crippen LogP contribution in [0.4, 0.5) is 0 Å². The monoisotopic (exact) mass is 385 g/mol. The lowest BCUT2D eigenvalue weighted by molar-refractivity contribution is 0.0257. The Bertz CT molecular complexity index is 705. The first-order valence-electron chi connectivity index (χ1n) is 10.4. The largest absolute Gasteiger partial charge is 0.388 e. The summed E-state index contributed by atoms with van der Waals surface area (Å²) in [5.41, 5.74) is 1.71. The molecule has 3 N–H and O–H groups in total. The van der Waals surface area contributed by atoms with Crippen molar-refractivity contribution in [1.29, 1.82) is 0 Å². The molecule has 2 rings (SSSR count). The SMILES string of the molecule is CCCC(O)(CCC)CNC(=NCc1cccc(Cn2ccnc2)c1)NCC. The highest BCUT2D eigenvalue weighted by molar-refractivity contribution is 5.79. The number of aliphatic hydroxyl groups is 1. The summed E-state index contributed by atoms with van der Waals surface area (Å²) < 4.78 is 2.05. The molecule has 28 heavy (non-hydrogen) atoms. The molecule has 1 aromatic carbocycles. The number of guanidine groups is 1. The predicted octanol–water partition coefficient (Wildman–Crippen LogP) is 3.32. The molecule has 0 aliphatic rings. The van der Waals surface area contributed by atoms with Gasteiger partial charge in [0.25, 0.3) is 0 Å². The molecule has 6 heteroatoms. The average Bonchev–Trinajstić information content (AvgIpc) is 3.18. The first kappa shape index (κ1) is 22.0. The predicted molar refractivity (Wildman–Crippen MR) is 115 cm³/mol. The minimum absolute atomic E-state index is 0.515. The molecular weight excluding hydrogens is 350 g/mol. The van der Waals surface area contributed by atoms with E-state index in [4.69, 9.17) is 4.99 Å². The Morgan fingerprint density at radius 1 is 1.14 bits per heavy atom. The van der Waals surface area contributed by atoms with Gasteiger partial charge < -0.3 is 20.3 Å². The average molecular weight is 386 g/mol. The minimum atomic E-state index is -0.676. The van der Waals surface area contributed by atoms with Crippen molar-refractivity contribution in [3.05, 3.63) is 54.1 Å². The molecule has 0 saturated heterocycles. The van der Waals surface area contributed by atoms with Gasteiger partial charge in [-0.2, -0.15) is 0 Å². The summed E-state index contributed by atoms with van der Waals surface area (Å²) in [7, 11) is 0. The van der Waals surface area contributed by atoms with E-state index in [0.717, 1.165) is 50.3 Å². The van der Waals surface area contributed by atoms with Crippen molar-refractivity contribution < 1.29 is 5.11 Å². The fourth-order valence-corrected chi connectivity index (χ4v) is 3.41. The number of nitrogens with one attached hydrogen (secondary N) is 2. The van der Waals surface area contributed by atoms with E-state index in [-0.39, 0.29) is 0 Å². The van der Waals surface area contributed by atoms with Crippen molar-refractivity contribution in [2.75, 3.05) is 13.1 Å². The van der Waals surface area contributed by atoms with Crippen LogP contribution in [-0.4, -0.2) is 39.3 Å². The van der Waals surface area contributed by atoms with Crippen LogP contribution in [-0.2, 0) is 13.1 Å². The summed E-state index contributed by atoms with van der Waals surface area (Å²) in [5.74, 6) is 0.744. The first-order chi connectivity index (χ1) is 13.6. The van der Waals surface area contributed by atoms with Gasteiger partial charge in [-0.1, -0.05) is 51.0 Å². The normalized spacial score (nSPS) is 12.2. The zero-order chi connectivity index (χ0) is 20.2. The molecular formula is C22H35N5O. The standard InChI is InChI=1S/C22H35N5O/c1-4-10-22(28,11-5-2)17-26-21(24-6-3)25-15-19-8-7-9-20(14-19)16-27-13-12-23-18-27/h7-9,12-14,18,28H,4-6,10-11,15-17H2,1-3H3,(H2,24,25,26). The van der Waals surface area contributed by atoms with Gasteiger partial charge in [-0.25, -0.2) is 9.98 Å². The fraction of sp³-hybridized carbons (Fsp3) is 0.545. The number of aliphatic imine (C=N–C) groups is 1. The number of rotatable bonds is 11. The van der Waals surface area contributed by atoms with Crippen LogP contribution in [0.3, 0.4) is 0 Å². The molecule has 0 spiro atoms. The third kappa shape index (κ3) is 7.35. The highest BCUT2D eigenvalue weighted by atomic mass is 16.3. The van der Waals surface area contributed by atoms with E-state index in [2.05, 4.69) is 58.3 Å². The van der Waals surface area contributed by atoms with Crippen LogP contribution in [0.25, 0.3) is 0 Å². The van der Waals surface area contributed by atoms with Crippen molar-refractivity contribution in [1.82, 2.24) is 20.2 Å². The van der Waals surface area contributed by atoms with Crippen molar-refractivity contribution in [2.45, 2.75) is 65.1 Å². The van der Waals surface area contributed by atoms with Gasteiger partial charge in [0.1, 0.15) is 0 Å². The van der Waals surface area contributed by atoms with Crippen LogP contribution in [0, 0.1) is 0 Å². The molecule has 0 fully saturated rings. The number of imidazole rings is 1. The third-order valence-corrected chi connectivity index (χ3v) is 4.70. The van der Waals surface area contributed by atoms with Gasteiger partial charge in [-0.3, -0.25) is 0 Å². The zero-order valence-corrected chi connectivity index (χ0v) is 17.5. The van der Waals surface area contributed by atoms with E-state index >= 15 is 0 Å². The number of hydrogen-bond acceptors (Lipinski definition) is 3. The summed E-state index contributed by atoms with van der Waals surface area (Å²) in [5, 5.41) is 17.4. The lowest BCUT2D eigenvalue weighted by Crippen LogP contribution is -2.47. The zero-order valence-electron chi connectivity index (χ0n) is 17.5. The smallest absolute Gasteiger partial charge is 0.191 e. The van der Waals surface area contributed by atoms with Gasteiger partial charge >= 0.3 is 0 Å². The van der Waals surface area contributed by atoms with Gasteiger partial charge in [0.05, 0.1) is 18.5 Å². The summed E-state index contributed by atoms with van der Waals surface area (Å²) in [6.07, 6.45) is 9.11. The second-order valence-electron chi connectivity index (χ2n) is 7.33. The summed E-state index contributed by atoms with van der Waals surface area (Å²) >= 11 is 0. The van der Waals surface area contributed by atoms with Crippen LogP contribution in [0.5, 0.6) is 0 Å². The third-order valence-electron chi connectivity index (χ3n) is 4.70. The maximum atomic E-state index is 10.8. The highest BCUT2D eigenvalue weighted by Gasteiger charge is 2.24. The molecule has 0 atom stereocenters. The highest BCUT2D eigenvalue weighted by Crippen LogP contribution is 2.18. The van der Waals surface area contributed by atoms with Crippen molar-refractivity contribution in [3.63, 3.8) is 0 Å². The van der Waals surface area contributed by atoms with Gasteiger partial charge in [0.2, 0.25) is 0 Å². The fourth-order valence-electron chi connectivity index (χ4n) is 3.41. The Morgan fingerprint density at radius 2 is 1.89 bits per heavy atom. The molecule has 0 unspecified atom stereocenters. The number of hydrogen-bond donors (Lipinski definition) is 3. The molecule has 0 aliphatic heterocycles. The van der Waals surface area contributed by atoms with Gasteiger partial charge in [-0.05, 0) is 30.9 Å². The van der Waals surface area contributed by atoms with E-state index in [9.17, 15) is 5.11 Å². The minimum Gasteiger partial charge on any atom is -0.388 e. The Balaban J connectivity index is 1.99. The molecule has 6 nitrogen and oxygen atoms in total. The number of aromatic nitrogens is 2. The molecule has 0 saturated carbocycles. The van der Waals surface area contributed by atoms with Crippen LogP contribution in [0.15, 0.2) is 48.0 Å². The second kappa shape index (κ2) is 11.5. The van der Waals surface area contributed by atoms with E-state index in [0.29, 0.717) is 13.1 Å². The van der Waals surface area contributed by atoms with Crippen LogP contribution < -0.4 is 10.6 Å². The van der Waals surface area contributed by atoms with Gasteiger partial charge in [0, 0.05) is 32.0 Å². The van der Waals surface area contributed by atoms with Crippen LogP contribution in [0.2, 0.25) is 0 Å². The first-order valence-corrected chi connectivity index (χ1v) is 10.4. The Hall–Kier alpha value is -2.34. The molecule has 0 radical (unpaired) electrons. The van der Waals surface area contributed by atoms with E-state index in [1.165, 1.54) is 5.56 Å². The summed E-state index contributed by atoms with van der Waals surface area (Å²) in [6, 6.07) is 8.46. The molecule has 1 heterocycles. The number of benzene rings is 1. The Morgan fingerprint density at radius 3 is 2.54 bits per heavy atom. The van der Waals surface area contributed by atoms with Crippen molar-refractivity contribution in [2.24, 2.45) is 4.99 Å². The molecule has 0 bridgehead atoms. The maximum absolute atomic E-state index is 10.8. The van der Waals surface area contributed by atoms with E-state index in [1.807, 2.05) is 19.4 Å². The topological polar surface area (TPSA) is 74.5 Å². The maximum Gasteiger partial charge on any atom is 0.191 e. The second-order valence-corrected chi connectivity index (χ2v) is 7.33. The van der Waals surface area contributed by atoms with Crippen LogP contribution in [0.1, 0.15) is 57.6 Å².